The minimum Gasteiger partial charge on any atom is -0.508 e. The summed E-state index contributed by atoms with van der Waals surface area (Å²) in [4.78, 5) is 4.38. The molecule has 0 amide bonds. The van der Waals surface area contributed by atoms with Crippen molar-refractivity contribution in [2.24, 2.45) is 0 Å². The predicted octanol–water partition coefficient (Wildman–Crippen LogP) is 3.39. The maximum absolute atomic E-state index is 9.85. The van der Waals surface area contributed by atoms with Crippen molar-refractivity contribution >= 4 is 11.6 Å². The molecule has 0 aliphatic carbocycles. The molecule has 1 unspecified atom stereocenters. The van der Waals surface area contributed by atoms with Crippen LogP contribution in [0.4, 0.5) is 0 Å². The molecular weight excluding hydrogens is 366 g/mol. The number of rotatable bonds is 4. The van der Waals surface area contributed by atoms with Crippen LogP contribution in [0.5, 0.6) is 17.4 Å². The van der Waals surface area contributed by atoms with Gasteiger partial charge < -0.3 is 19.5 Å². The molecule has 3 aromatic rings. The fourth-order valence-corrected chi connectivity index (χ4v) is 3.64. The number of aromatic hydroxyl groups is 1. The number of nitrogens with zero attached hydrogens (tertiary/aromatic N) is 2. The van der Waals surface area contributed by atoms with E-state index in [1.54, 1.807) is 22.8 Å². The van der Waals surface area contributed by atoms with Gasteiger partial charge in [0.1, 0.15) is 23.3 Å². The molecule has 1 aliphatic rings. The highest BCUT2D eigenvalue weighted by Crippen LogP contribution is 2.47. The van der Waals surface area contributed by atoms with Gasteiger partial charge in [-0.15, -0.1) is 0 Å². The first-order chi connectivity index (χ1) is 13.1. The number of aliphatic hydroxyl groups excluding tert-OH is 1. The van der Waals surface area contributed by atoms with Crippen LogP contribution in [-0.4, -0.2) is 26.4 Å². The summed E-state index contributed by atoms with van der Waals surface area (Å²) in [6.07, 6.45) is 2.06. The zero-order chi connectivity index (χ0) is 19.0. The Morgan fingerprint density at radius 1 is 1.19 bits per heavy atom. The second-order valence-corrected chi connectivity index (χ2v) is 6.77. The van der Waals surface area contributed by atoms with E-state index in [2.05, 4.69) is 4.98 Å². The Kier molecular flexibility index (Phi) is 4.59. The lowest BCUT2D eigenvalue weighted by atomic mass is 9.84. The van der Waals surface area contributed by atoms with Gasteiger partial charge in [-0.1, -0.05) is 35.9 Å². The van der Waals surface area contributed by atoms with Crippen LogP contribution in [-0.2, 0) is 6.54 Å². The molecular formula is C20H18ClN3O3. The van der Waals surface area contributed by atoms with E-state index in [-0.39, 0.29) is 23.8 Å². The SMILES string of the molecule is N=c1c2c(ncn1CCCO)Oc1cc(O)ccc1C2c1ccccc1Cl. The average molecular weight is 384 g/mol. The third-order valence-electron chi connectivity index (χ3n) is 4.66. The lowest BCUT2D eigenvalue weighted by molar-refractivity contribution is 0.278. The molecule has 0 spiro atoms. The number of aryl methyl sites for hydroxylation is 1. The van der Waals surface area contributed by atoms with Crippen LogP contribution in [0.1, 0.15) is 29.0 Å². The molecule has 0 radical (unpaired) electrons. The fourth-order valence-electron chi connectivity index (χ4n) is 3.40. The van der Waals surface area contributed by atoms with Gasteiger partial charge in [0.15, 0.2) is 0 Å². The number of phenols is 1. The van der Waals surface area contributed by atoms with Crippen LogP contribution in [0.25, 0.3) is 0 Å². The number of hydrogen-bond acceptors (Lipinski definition) is 5. The van der Waals surface area contributed by atoms with Gasteiger partial charge in [0.2, 0.25) is 5.88 Å². The first-order valence-corrected chi connectivity index (χ1v) is 8.98. The molecule has 2 heterocycles. The van der Waals surface area contributed by atoms with E-state index in [1.165, 1.54) is 6.33 Å². The minimum absolute atomic E-state index is 0.0378. The molecule has 0 bridgehead atoms. The summed E-state index contributed by atoms with van der Waals surface area (Å²) in [5, 5.41) is 28.3. The fraction of sp³-hybridized carbons (Fsp3) is 0.200. The lowest BCUT2D eigenvalue weighted by Gasteiger charge is -2.29. The van der Waals surface area contributed by atoms with Crippen molar-refractivity contribution in [1.29, 1.82) is 5.41 Å². The highest BCUT2D eigenvalue weighted by Gasteiger charge is 2.33. The molecule has 1 atom stereocenters. The third kappa shape index (κ3) is 3.07. The summed E-state index contributed by atoms with van der Waals surface area (Å²) in [5.41, 5.74) is 2.52. The van der Waals surface area contributed by atoms with Gasteiger partial charge in [-0.05, 0) is 24.1 Å². The number of aliphatic hydroxyl groups is 1. The van der Waals surface area contributed by atoms with Crippen molar-refractivity contribution in [3.63, 3.8) is 0 Å². The molecule has 1 aromatic heterocycles. The minimum atomic E-state index is -0.348. The smallest absolute Gasteiger partial charge is 0.228 e. The number of hydrogen-bond donors (Lipinski definition) is 3. The van der Waals surface area contributed by atoms with Gasteiger partial charge in [0.25, 0.3) is 0 Å². The highest BCUT2D eigenvalue weighted by molar-refractivity contribution is 6.31. The van der Waals surface area contributed by atoms with Crippen LogP contribution >= 0.6 is 11.6 Å². The molecule has 2 aromatic carbocycles. The maximum atomic E-state index is 9.85. The maximum Gasteiger partial charge on any atom is 0.228 e. The number of halogens is 1. The molecule has 0 fully saturated rings. The summed E-state index contributed by atoms with van der Waals surface area (Å²) >= 11 is 6.49. The summed E-state index contributed by atoms with van der Waals surface area (Å²) in [7, 11) is 0. The zero-order valence-electron chi connectivity index (χ0n) is 14.4. The summed E-state index contributed by atoms with van der Waals surface area (Å²) in [6, 6.07) is 12.4. The lowest BCUT2D eigenvalue weighted by Crippen LogP contribution is -2.30. The number of fused-ring (bicyclic) bond motifs is 2. The third-order valence-corrected chi connectivity index (χ3v) is 5.01. The molecule has 1 aliphatic heterocycles. The largest absolute Gasteiger partial charge is 0.508 e. The Hall–Kier alpha value is -2.83. The first kappa shape index (κ1) is 17.6. The molecule has 0 saturated heterocycles. The van der Waals surface area contributed by atoms with Gasteiger partial charge in [-0.3, -0.25) is 5.41 Å². The van der Waals surface area contributed by atoms with E-state index in [0.29, 0.717) is 35.2 Å². The standard InChI is InChI=1S/C20H18ClN3O3/c21-15-5-2-1-4-13(15)17-14-7-6-12(26)10-16(14)27-20-18(17)19(22)24(11-23-20)8-3-9-25/h1-2,4-7,10-11,17,22,25-26H,3,8-9H2. The number of nitrogens with one attached hydrogen (secondary N) is 1. The van der Waals surface area contributed by atoms with Gasteiger partial charge in [-0.2, -0.15) is 0 Å². The monoisotopic (exact) mass is 383 g/mol. The van der Waals surface area contributed by atoms with E-state index in [9.17, 15) is 5.11 Å². The predicted molar refractivity (Wildman–Crippen MR) is 100 cm³/mol. The molecule has 4 rings (SSSR count). The molecule has 0 saturated carbocycles. The van der Waals surface area contributed by atoms with Crippen LogP contribution < -0.4 is 10.2 Å². The van der Waals surface area contributed by atoms with E-state index >= 15 is 0 Å². The molecule has 3 N–H and O–H groups in total. The van der Waals surface area contributed by atoms with E-state index in [0.717, 1.165) is 11.1 Å². The number of benzene rings is 2. The van der Waals surface area contributed by atoms with Crippen molar-refractivity contribution in [1.82, 2.24) is 9.55 Å². The van der Waals surface area contributed by atoms with E-state index in [4.69, 9.17) is 26.9 Å². The summed E-state index contributed by atoms with van der Waals surface area (Å²) < 4.78 is 7.58. The van der Waals surface area contributed by atoms with Crippen LogP contribution in [0.15, 0.2) is 48.8 Å². The van der Waals surface area contributed by atoms with Crippen LogP contribution in [0.3, 0.4) is 0 Å². The average Bonchev–Trinajstić information content (AvgIpc) is 2.66. The summed E-state index contributed by atoms with van der Waals surface area (Å²) in [6.45, 7) is 0.517. The number of phenolic OH excluding ortho intramolecular Hbond substituents is 1. The van der Waals surface area contributed by atoms with Gasteiger partial charge in [0, 0.05) is 35.7 Å². The first-order valence-electron chi connectivity index (χ1n) is 8.60. The summed E-state index contributed by atoms with van der Waals surface area (Å²) in [5.74, 6) is 0.561. The highest BCUT2D eigenvalue weighted by atomic mass is 35.5. The van der Waals surface area contributed by atoms with E-state index in [1.807, 2.05) is 24.3 Å². The van der Waals surface area contributed by atoms with Gasteiger partial charge in [0.05, 0.1) is 5.56 Å². The quantitative estimate of drug-likeness (QED) is 0.503. The molecule has 27 heavy (non-hydrogen) atoms. The van der Waals surface area contributed by atoms with Crippen molar-refractivity contribution in [3.8, 4) is 17.4 Å². The Bertz CT molecular complexity index is 1060. The Morgan fingerprint density at radius 3 is 2.78 bits per heavy atom. The second kappa shape index (κ2) is 7.06. The second-order valence-electron chi connectivity index (χ2n) is 6.36. The van der Waals surface area contributed by atoms with Crippen LogP contribution in [0.2, 0.25) is 5.02 Å². The van der Waals surface area contributed by atoms with Crippen molar-refractivity contribution in [2.75, 3.05) is 6.61 Å². The van der Waals surface area contributed by atoms with Gasteiger partial charge in [-0.25, -0.2) is 4.98 Å². The number of aromatic nitrogens is 2. The van der Waals surface area contributed by atoms with Crippen LogP contribution in [0, 0.1) is 5.41 Å². The van der Waals surface area contributed by atoms with E-state index < -0.39 is 0 Å². The van der Waals surface area contributed by atoms with Crippen molar-refractivity contribution < 1.29 is 14.9 Å². The van der Waals surface area contributed by atoms with Crippen molar-refractivity contribution in [2.45, 2.75) is 18.9 Å². The van der Waals surface area contributed by atoms with Gasteiger partial charge >= 0.3 is 0 Å². The Balaban J connectivity index is 1.97. The van der Waals surface area contributed by atoms with Crippen molar-refractivity contribution in [3.05, 3.63) is 76.0 Å². The zero-order valence-corrected chi connectivity index (χ0v) is 15.1. The normalized spacial score (nSPS) is 15.0. The number of ether oxygens (including phenoxy) is 1. The Morgan fingerprint density at radius 2 is 2.00 bits per heavy atom. The Labute approximate surface area is 160 Å². The molecule has 7 heteroatoms. The molecule has 138 valence electrons. The molecule has 6 nitrogen and oxygen atoms in total. The topological polar surface area (TPSA) is 91.4 Å².